The Morgan fingerprint density at radius 3 is 2.11 bits per heavy atom. The molecule has 1 fully saturated rings. The molecule has 0 bridgehead atoms. The van der Waals surface area contributed by atoms with E-state index in [-0.39, 0.29) is 17.8 Å². The highest BCUT2D eigenvalue weighted by molar-refractivity contribution is 5.91. The zero-order valence-corrected chi connectivity index (χ0v) is 19.9. The van der Waals surface area contributed by atoms with Crippen LogP contribution in [0.2, 0.25) is 0 Å². The first-order chi connectivity index (χ1) is 17.2. The summed E-state index contributed by atoms with van der Waals surface area (Å²) in [5.41, 5.74) is 2.83. The number of rotatable bonds is 7. The molecular formula is C28H30N6O. The summed E-state index contributed by atoms with van der Waals surface area (Å²) >= 11 is 0. The maximum Gasteiger partial charge on any atom is 0.291 e. The molecule has 1 amide bonds. The van der Waals surface area contributed by atoms with Gasteiger partial charge in [0.25, 0.3) is 5.91 Å². The number of para-hydroxylation sites is 1. The third kappa shape index (κ3) is 5.48. The Hall–Kier alpha value is -3.81. The van der Waals surface area contributed by atoms with E-state index in [1.54, 1.807) is 4.68 Å². The first-order valence-corrected chi connectivity index (χ1v) is 12.0. The molecule has 1 aliphatic rings. The van der Waals surface area contributed by atoms with Crippen molar-refractivity contribution in [2.75, 3.05) is 39.8 Å². The van der Waals surface area contributed by atoms with Crippen LogP contribution in [-0.4, -0.2) is 70.2 Å². The van der Waals surface area contributed by atoms with Crippen LogP contribution in [0, 0.1) is 0 Å². The van der Waals surface area contributed by atoms with E-state index in [1.807, 2.05) is 78.9 Å². The van der Waals surface area contributed by atoms with Gasteiger partial charge in [-0.15, -0.1) is 5.10 Å². The lowest BCUT2D eigenvalue weighted by molar-refractivity contribution is 0.0897. The summed E-state index contributed by atoms with van der Waals surface area (Å²) in [5.74, 6) is 0.518. The summed E-state index contributed by atoms with van der Waals surface area (Å²) in [7, 11) is 2.15. The van der Waals surface area contributed by atoms with Crippen molar-refractivity contribution in [2.45, 2.75) is 6.04 Å². The third-order valence-corrected chi connectivity index (χ3v) is 6.39. The van der Waals surface area contributed by atoms with E-state index in [0.717, 1.165) is 49.5 Å². The van der Waals surface area contributed by atoms with Crippen LogP contribution < -0.4 is 5.32 Å². The molecular weight excluding hydrogens is 436 g/mol. The van der Waals surface area contributed by atoms with Crippen LogP contribution in [0.15, 0.2) is 91.0 Å². The van der Waals surface area contributed by atoms with Crippen molar-refractivity contribution in [3.63, 3.8) is 0 Å². The number of aromatic nitrogens is 3. The molecule has 3 aromatic carbocycles. The molecule has 1 N–H and O–H groups in total. The van der Waals surface area contributed by atoms with Crippen molar-refractivity contribution >= 4 is 5.91 Å². The highest BCUT2D eigenvalue weighted by Crippen LogP contribution is 2.22. The fourth-order valence-corrected chi connectivity index (χ4v) is 4.36. The standard InChI is InChI=1S/C28H30N6O/c1-32-17-19-33(20-18-32)21-25(22-11-5-2-6-12-22)29-28(35)26-30-27(23-13-7-3-8-14-23)34(31-26)24-15-9-4-10-16-24/h2-16,25H,17-21H2,1H3,(H,29,35). The SMILES string of the molecule is CN1CCN(CC(NC(=O)c2nc(-c3ccccc3)n(-c3ccccc3)n2)c2ccccc2)CC1. The van der Waals surface area contributed by atoms with Crippen LogP contribution in [0.1, 0.15) is 22.2 Å². The molecule has 178 valence electrons. The molecule has 1 unspecified atom stereocenters. The lowest BCUT2D eigenvalue weighted by Crippen LogP contribution is -2.48. The summed E-state index contributed by atoms with van der Waals surface area (Å²) in [6.07, 6.45) is 0. The molecule has 0 saturated carbocycles. The van der Waals surface area contributed by atoms with Gasteiger partial charge in [-0.1, -0.05) is 78.9 Å². The lowest BCUT2D eigenvalue weighted by atomic mass is 10.1. The van der Waals surface area contributed by atoms with Gasteiger partial charge in [0, 0.05) is 38.3 Å². The van der Waals surface area contributed by atoms with Crippen LogP contribution >= 0.6 is 0 Å². The molecule has 2 heterocycles. The average molecular weight is 467 g/mol. The van der Waals surface area contributed by atoms with Crippen molar-refractivity contribution in [3.05, 3.63) is 102 Å². The van der Waals surface area contributed by atoms with E-state index in [4.69, 9.17) is 0 Å². The van der Waals surface area contributed by atoms with Gasteiger partial charge >= 0.3 is 0 Å². The summed E-state index contributed by atoms with van der Waals surface area (Å²) in [5, 5.41) is 7.85. The van der Waals surface area contributed by atoms with Gasteiger partial charge < -0.3 is 10.2 Å². The molecule has 4 aromatic rings. The summed E-state index contributed by atoms with van der Waals surface area (Å²) in [6.45, 7) is 4.76. The molecule has 35 heavy (non-hydrogen) atoms. The largest absolute Gasteiger partial charge is 0.341 e. The number of hydrogen-bond acceptors (Lipinski definition) is 5. The molecule has 1 aromatic heterocycles. The topological polar surface area (TPSA) is 66.3 Å². The fraction of sp³-hybridized carbons (Fsp3) is 0.250. The highest BCUT2D eigenvalue weighted by atomic mass is 16.2. The quantitative estimate of drug-likeness (QED) is 0.450. The van der Waals surface area contributed by atoms with E-state index in [2.05, 4.69) is 44.4 Å². The molecule has 0 aliphatic carbocycles. The number of carbonyl (C=O) groups is 1. The van der Waals surface area contributed by atoms with Gasteiger partial charge in [-0.2, -0.15) is 0 Å². The number of carbonyl (C=O) groups excluding carboxylic acids is 1. The second-order valence-corrected chi connectivity index (χ2v) is 8.91. The zero-order valence-electron chi connectivity index (χ0n) is 19.9. The highest BCUT2D eigenvalue weighted by Gasteiger charge is 2.25. The number of nitrogens with one attached hydrogen (secondary N) is 1. The minimum atomic E-state index is -0.278. The van der Waals surface area contributed by atoms with E-state index in [9.17, 15) is 4.79 Å². The predicted molar refractivity (Wildman–Crippen MR) is 137 cm³/mol. The second-order valence-electron chi connectivity index (χ2n) is 8.91. The summed E-state index contributed by atoms with van der Waals surface area (Å²) in [6, 6.07) is 29.6. The van der Waals surface area contributed by atoms with Gasteiger partial charge in [0.05, 0.1) is 11.7 Å². The Balaban J connectivity index is 1.43. The normalized spacial score (nSPS) is 15.6. The van der Waals surface area contributed by atoms with Crippen molar-refractivity contribution in [3.8, 4) is 17.1 Å². The summed E-state index contributed by atoms with van der Waals surface area (Å²) < 4.78 is 1.74. The van der Waals surface area contributed by atoms with Gasteiger partial charge in [0.15, 0.2) is 5.82 Å². The molecule has 1 saturated heterocycles. The summed E-state index contributed by atoms with van der Waals surface area (Å²) in [4.78, 5) is 22.9. The predicted octanol–water partition coefficient (Wildman–Crippen LogP) is 3.65. The number of likely N-dealkylation sites (N-methyl/N-ethyl adjacent to an activating group) is 1. The molecule has 7 nitrogen and oxygen atoms in total. The minimum Gasteiger partial charge on any atom is -0.341 e. The van der Waals surface area contributed by atoms with Gasteiger partial charge in [0.2, 0.25) is 5.82 Å². The Bertz CT molecular complexity index is 1180. The Labute approximate surface area is 206 Å². The van der Waals surface area contributed by atoms with Crippen molar-refractivity contribution in [1.82, 2.24) is 29.9 Å². The molecule has 0 spiro atoms. The molecule has 0 radical (unpaired) electrons. The molecule has 5 rings (SSSR count). The zero-order chi connectivity index (χ0) is 24.0. The number of piperazine rings is 1. The molecule has 1 atom stereocenters. The Morgan fingerprint density at radius 1 is 0.857 bits per heavy atom. The fourth-order valence-electron chi connectivity index (χ4n) is 4.36. The van der Waals surface area contributed by atoms with Crippen LogP contribution in [-0.2, 0) is 0 Å². The smallest absolute Gasteiger partial charge is 0.291 e. The van der Waals surface area contributed by atoms with Crippen molar-refractivity contribution in [1.29, 1.82) is 0 Å². The van der Waals surface area contributed by atoms with Crippen LogP contribution in [0.5, 0.6) is 0 Å². The maximum atomic E-state index is 13.5. The van der Waals surface area contributed by atoms with Gasteiger partial charge in [0.1, 0.15) is 0 Å². The van der Waals surface area contributed by atoms with Gasteiger partial charge in [-0.3, -0.25) is 9.69 Å². The monoisotopic (exact) mass is 466 g/mol. The van der Waals surface area contributed by atoms with Crippen LogP contribution in [0.4, 0.5) is 0 Å². The second kappa shape index (κ2) is 10.6. The van der Waals surface area contributed by atoms with Gasteiger partial charge in [-0.25, -0.2) is 9.67 Å². The van der Waals surface area contributed by atoms with Crippen molar-refractivity contribution in [2.24, 2.45) is 0 Å². The number of nitrogens with zero attached hydrogens (tertiary/aromatic N) is 5. The van der Waals surface area contributed by atoms with Gasteiger partial charge in [-0.05, 0) is 24.7 Å². The Kier molecular flexibility index (Phi) is 6.97. The number of benzene rings is 3. The average Bonchev–Trinajstić information content (AvgIpc) is 3.37. The van der Waals surface area contributed by atoms with E-state index in [0.29, 0.717) is 5.82 Å². The number of amides is 1. The van der Waals surface area contributed by atoms with Crippen LogP contribution in [0.25, 0.3) is 17.1 Å². The number of hydrogen-bond donors (Lipinski definition) is 1. The first-order valence-electron chi connectivity index (χ1n) is 12.0. The molecule has 7 heteroatoms. The first kappa shape index (κ1) is 23.0. The van der Waals surface area contributed by atoms with Crippen LogP contribution in [0.3, 0.4) is 0 Å². The van der Waals surface area contributed by atoms with E-state index < -0.39 is 0 Å². The Morgan fingerprint density at radius 2 is 1.46 bits per heavy atom. The lowest BCUT2D eigenvalue weighted by Gasteiger charge is -2.34. The molecule has 1 aliphatic heterocycles. The maximum absolute atomic E-state index is 13.5. The third-order valence-electron chi connectivity index (χ3n) is 6.39. The van der Waals surface area contributed by atoms with Crippen molar-refractivity contribution < 1.29 is 4.79 Å². The van der Waals surface area contributed by atoms with E-state index in [1.165, 1.54) is 0 Å². The minimum absolute atomic E-state index is 0.157. The van der Waals surface area contributed by atoms with E-state index >= 15 is 0 Å².